The zero-order valence-electron chi connectivity index (χ0n) is 10.4. The molecule has 0 radical (unpaired) electrons. The van der Waals surface area contributed by atoms with Gasteiger partial charge in [0.15, 0.2) is 6.10 Å². The lowest BCUT2D eigenvalue weighted by Gasteiger charge is -2.24. The number of benzene rings is 1. The number of aliphatic imine (C=N–C) groups is 1. The van der Waals surface area contributed by atoms with Crippen molar-refractivity contribution in [2.45, 2.75) is 33.0 Å². The van der Waals surface area contributed by atoms with Gasteiger partial charge in [0, 0.05) is 12.1 Å². The third-order valence-corrected chi connectivity index (χ3v) is 2.39. The first-order valence-electron chi connectivity index (χ1n) is 5.67. The Hall–Kier alpha value is -2.11. The van der Waals surface area contributed by atoms with E-state index in [0.717, 1.165) is 0 Å². The maximum atomic E-state index is 10.7. The highest BCUT2D eigenvalue weighted by Crippen LogP contribution is 2.35. The number of rotatable bonds is 2. The molecule has 0 saturated carbocycles. The summed E-state index contributed by atoms with van der Waals surface area (Å²) in [5.41, 5.74) is 0.414. The molecule has 1 aromatic rings. The van der Waals surface area contributed by atoms with Crippen LogP contribution in [0.15, 0.2) is 23.2 Å². The molecule has 0 N–H and O–H groups in total. The van der Waals surface area contributed by atoms with Gasteiger partial charge in [-0.3, -0.25) is 10.1 Å². The number of nitrogens with zero attached hydrogens (tertiary/aromatic N) is 2. The first-order valence-corrected chi connectivity index (χ1v) is 5.67. The molecule has 0 aliphatic carbocycles. The minimum Gasteiger partial charge on any atom is -0.479 e. The fourth-order valence-corrected chi connectivity index (χ4v) is 1.62. The molecular formula is C12H14N2O4. The van der Waals surface area contributed by atoms with E-state index in [0.29, 0.717) is 17.3 Å². The highest BCUT2D eigenvalue weighted by atomic mass is 16.6. The van der Waals surface area contributed by atoms with E-state index in [1.54, 1.807) is 6.07 Å². The summed E-state index contributed by atoms with van der Waals surface area (Å²) in [6, 6.07) is 4.33. The molecule has 0 amide bonds. The van der Waals surface area contributed by atoms with Crippen LogP contribution in [0.4, 0.5) is 11.4 Å². The zero-order valence-corrected chi connectivity index (χ0v) is 10.4. The topological polar surface area (TPSA) is 74.0 Å². The maximum Gasteiger partial charge on any atom is 0.271 e. The van der Waals surface area contributed by atoms with Gasteiger partial charge in [0.1, 0.15) is 11.4 Å². The van der Waals surface area contributed by atoms with Crippen LogP contribution in [0.3, 0.4) is 0 Å². The Kier molecular flexibility index (Phi) is 3.18. The molecule has 1 aromatic carbocycles. The summed E-state index contributed by atoms with van der Waals surface area (Å²) >= 11 is 0. The van der Waals surface area contributed by atoms with Crippen LogP contribution in [0.2, 0.25) is 0 Å². The molecule has 6 nitrogen and oxygen atoms in total. The van der Waals surface area contributed by atoms with Gasteiger partial charge in [0.25, 0.3) is 5.69 Å². The van der Waals surface area contributed by atoms with E-state index < -0.39 is 4.92 Å². The van der Waals surface area contributed by atoms with E-state index >= 15 is 0 Å². The monoisotopic (exact) mass is 250 g/mol. The van der Waals surface area contributed by atoms with Gasteiger partial charge in [0.2, 0.25) is 5.90 Å². The average molecular weight is 250 g/mol. The highest BCUT2D eigenvalue weighted by Gasteiger charge is 2.24. The number of ether oxygens (including phenoxy) is 2. The van der Waals surface area contributed by atoms with Gasteiger partial charge in [-0.25, -0.2) is 4.99 Å². The first kappa shape index (κ1) is 12.3. The lowest BCUT2D eigenvalue weighted by molar-refractivity contribution is -0.384. The predicted octanol–water partition coefficient (Wildman–Crippen LogP) is 2.83. The molecule has 1 aliphatic heterocycles. The Balaban J connectivity index is 2.38. The fraction of sp³-hybridized carbons (Fsp3) is 0.417. The minimum atomic E-state index is -0.461. The Bertz CT molecular complexity index is 511. The van der Waals surface area contributed by atoms with Crippen LogP contribution in [-0.2, 0) is 4.74 Å². The summed E-state index contributed by atoms with van der Waals surface area (Å²) in [5, 5.41) is 10.7. The van der Waals surface area contributed by atoms with Gasteiger partial charge in [-0.1, -0.05) is 0 Å². The van der Waals surface area contributed by atoms with Crippen molar-refractivity contribution in [2.75, 3.05) is 0 Å². The lowest BCUT2D eigenvalue weighted by Crippen LogP contribution is -2.30. The number of hydrogen-bond donors (Lipinski definition) is 0. The summed E-state index contributed by atoms with van der Waals surface area (Å²) in [6.45, 7) is 5.60. The number of fused-ring (bicyclic) bond motifs is 1. The van der Waals surface area contributed by atoms with Gasteiger partial charge in [0.05, 0.1) is 11.0 Å². The molecule has 0 saturated heterocycles. The summed E-state index contributed by atoms with van der Waals surface area (Å²) in [6.07, 6.45) is -0.309. The molecule has 96 valence electrons. The van der Waals surface area contributed by atoms with Crippen LogP contribution in [0, 0.1) is 10.1 Å². The summed E-state index contributed by atoms with van der Waals surface area (Å²) in [7, 11) is 0. The Morgan fingerprint density at radius 2 is 2.22 bits per heavy atom. The van der Waals surface area contributed by atoms with Crippen molar-refractivity contribution in [3.8, 4) is 5.75 Å². The molecule has 1 atom stereocenters. The van der Waals surface area contributed by atoms with Crippen molar-refractivity contribution in [1.82, 2.24) is 0 Å². The molecule has 1 heterocycles. The van der Waals surface area contributed by atoms with Gasteiger partial charge >= 0.3 is 0 Å². The third kappa shape index (κ3) is 2.42. The van der Waals surface area contributed by atoms with Crippen molar-refractivity contribution < 1.29 is 14.4 Å². The number of non-ortho nitro benzene ring substituents is 1. The van der Waals surface area contributed by atoms with Gasteiger partial charge in [-0.15, -0.1) is 0 Å². The van der Waals surface area contributed by atoms with Crippen LogP contribution >= 0.6 is 0 Å². The normalized spacial score (nSPS) is 17.8. The average Bonchev–Trinajstić information content (AvgIpc) is 2.28. The van der Waals surface area contributed by atoms with Gasteiger partial charge in [-0.2, -0.15) is 0 Å². The van der Waals surface area contributed by atoms with E-state index in [4.69, 9.17) is 9.47 Å². The van der Waals surface area contributed by atoms with Crippen molar-refractivity contribution >= 4 is 17.3 Å². The first-order chi connectivity index (χ1) is 8.47. The summed E-state index contributed by atoms with van der Waals surface area (Å²) < 4.78 is 11.1. The standard InChI is InChI=1S/C12H14N2O4/c1-7(2)17-12-8(3)18-11-5-4-9(14(15)16)6-10(11)13-12/h4-8H,1-3H3. The second kappa shape index (κ2) is 4.64. The molecule has 18 heavy (non-hydrogen) atoms. The molecule has 6 heteroatoms. The van der Waals surface area contributed by atoms with Crippen LogP contribution < -0.4 is 4.74 Å². The molecule has 0 spiro atoms. The van der Waals surface area contributed by atoms with Crippen LogP contribution in [0.1, 0.15) is 20.8 Å². The van der Waals surface area contributed by atoms with Crippen molar-refractivity contribution in [1.29, 1.82) is 0 Å². The quantitative estimate of drug-likeness (QED) is 0.597. The molecular weight excluding hydrogens is 236 g/mol. The molecule has 0 bridgehead atoms. The van der Waals surface area contributed by atoms with Gasteiger partial charge in [-0.05, 0) is 26.8 Å². The molecule has 0 aromatic heterocycles. The van der Waals surface area contributed by atoms with Crippen LogP contribution in [0.25, 0.3) is 0 Å². The van der Waals surface area contributed by atoms with E-state index in [1.807, 2.05) is 20.8 Å². The molecule has 0 fully saturated rings. The number of nitro benzene ring substituents is 1. The van der Waals surface area contributed by atoms with Crippen LogP contribution in [0.5, 0.6) is 5.75 Å². The lowest BCUT2D eigenvalue weighted by atomic mass is 10.2. The largest absolute Gasteiger partial charge is 0.479 e. The Labute approximate surface area is 104 Å². The van der Waals surface area contributed by atoms with Gasteiger partial charge < -0.3 is 9.47 Å². The van der Waals surface area contributed by atoms with E-state index in [2.05, 4.69) is 4.99 Å². The van der Waals surface area contributed by atoms with E-state index in [-0.39, 0.29) is 17.9 Å². The van der Waals surface area contributed by atoms with Crippen molar-refractivity contribution in [3.05, 3.63) is 28.3 Å². The molecule has 1 unspecified atom stereocenters. The SMILES string of the molecule is CC(C)OC1=Nc2cc([N+](=O)[O-])ccc2OC1C. The van der Waals surface area contributed by atoms with Crippen molar-refractivity contribution in [2.24, 2.45) is 4.99 Å². The predicted molar refractivity (Wildman–Crippen MR) is 66.5 cm³/mol. The zero-order chi connectivity index (χ0) is 13.3. The smallest absolute Gasteiger partial charge is 0.271 e. The fourth-order valence-electron chi connectivity index (χ4n) is 1.62. The third-order valence-electron chi connectivity index (χ3n) is 2.39. The molecule has 1 aliphatic rings. The Morgan fingerprint density at radius 3 is 2.83 bits per heavy atom. The second-order valence-corrected chi connectivity index (χ2v) is 4.29. The van der Waals surface area contributed by atoms with E-state index in [9.17, 15) is 10.1 Å². The summed E-state index contributed by atoms with van der Waals surface area (Å²) in [4.78, 5) is 14.5. The number of nitro groups is 1. The Morgan fingerprint density at radius 1 is 1.50 bits per heavy atom. The maximum absolute atomic E-state index is 10.7. The van der Waals surface area contributed by atoms with Crippen molar-refractivity contribution in [3.63, 3.8) is 0 Å². The van der Waals surface area contributed by atoms with E-state index in [1.165, 1.54) is 12.1 Å². The number of hydrogen-bond acceptors (Lipinski definition) is 5. The summed E-state index contributed by atoms with van der Waals surface area (Å²) in [5.74, 6) is 0.974. The highest BCUT2D eigenvalue weighted by molar-refractivity contribution is 5.87. The molecule has 2 rings (SSSR count). The second-order valence-electron chi connectivity index (χ2n) is 4.29. The van der Waals surface area contributed by atoms with Crippen LogP contribution in [-0.4, -0.2) is 23.0 Å². The minimum absolute atomic E-state index is 0.0143.